The minimum Gasteiger partial charge on any atom is -0.493 e. The second kappa shape index (κ2) is 8.34. The van der Waals surface area contributed by atoms with Gasteiger partial charge in [0.1, 0.15) is 5.75 Å². The number of nitrogens with zero attached hydrogens (tertiary/aromatic N) is 1. The van der Waals surface area contributed by atoms with Crippen molar-refractivity contribution in [3.63, 3.8) is 0 Å². The number of benzene rings is 2. The average Bonchev–Trinajstić information content (AvgIpc) is 2.56. The third-order valence-corrected chi connectivity index (χ3v) is 3.93. The lowest BCUT2D eigenvalue weighted by atomic mass is 10.1. The van der Waals surface area contributed by atoms with Gasteiger partial charge in [0.25, 0.3) is 0 Å². The molecule has 0 spiro atoms. The molecule has 0 fully saturated rings. The van der Waals surface area contributed by atoms with Gasteiger partial charge in [-0.25, -0.2) is 0 Å². The second-order valence-corrected chi connectivity index (χ2v) is 5.72. The largest absolute Gasteiger partial charge is 0.493 e. The summed E-state index contributed by atoms with van der Waals surface area (Å²) in [4.78, 5) is 13.1. The highest BCUT2D eigenvalue weighted by Crippen LogP contribution is 2.14. The zero-order chi connectivity index (χ0) is 16.7. The lowest BCUT2D eigenvalue weighted by Gasteiger charge is -2.21. The summed E-state index contributed by atoms with van der Waals surface area (Å²) in [6.07, 6.45) is 0.890. The van der Waals surface area contributed by atoms with Crippen molar-refractivity contribution in [1.29, 1.82) is 0 Å². The molecular formula is C19H24N2O2. The quantitative estimate of drug-likeness (QED) is 0.815. The number of hydrogen-bond donors (Lipinski definition) is 1. The Morgan fingerprint density at radius 1 is 1.09 bits per heavy atom. The number of rotatable bonds is 8. The molecule has 2 aromatic rings. The minimum atomic E-state index is -0.312. The lowest BCUT2D eigenvalue weighted by molar-refractivity contribution is -0.122. The Morgan fingerprint density at radius 3 is 2.35 bits per heavy atom. The van der Waals surface area contributed by atoms with Crippen molar-refractivity contribution in [1.82, 2.24) is 4.90 Å². The van der Waals surface area contributed by atoms with Gasteiger partial charge in [-0.2, -0.15) is 0 Å². The Bertz CT molecular complexity index is 611. The van der Waals surface area contributed by atoms with E-state index in [2.05, 4.69) is 12.1 Å². The smallest absolute Gasteiger partial charge is 0.234 e. The Hall–Kier alpha value is -2.33. The molecule has 0 aliphatic carbocycles. The number of amides is 1. The molecule has 2 aromatic carbocycles. The molecule has 0 saturated heterocycles. The van der Waals surface area contributed by atoms with Gasteiger partial charge in [-0.05, 0) is 37.2 Å². The van der Waals surface area contributed by atoms with Gasteiger partial charge in [-0.3, -0.25) is 9.69 Å². The molecule has 2 rings (SSSR count). The molecule has 4 heteroatoms. The fourth-order valence-corrected chi connectivity index (χ4v) is 2.26. The summed E-state index contributed by atoms with van der Waals surface area (Å²) >= 11 is 0. The van der Waals surface area contributed by atoms with Gasteiger partial charge in [-0.15, -0.1) is 0 Å². The van der Waals surface area contributed by atoms with Crippen molar-refractivity contribution in [2.45, 2.75) is 25.9 Å². The van der Waals surface area contributed by atoms with Crippen LogP contribution in [0.5, 0.6) is 5.75 Å². The third-order valence-electron chi connectivity index (χ3n) is 3.93. The van der Waals surface area contributed by atoms with Gasteiger partial charge < -0.3 is 10.5 Å². The topological polar surface area (TPSA) is 55.6 Å². The predicted octanol–water partition coefficient (Wildman–Crippen LogP) is 2.61. The highest BCUT2D eigenvalue weighted by Gasteiger charge is 2.14. The van der Waals surface area contributed by atoms with Crippen LogP contribution in [0.1, 0.15) is 18.1 Å². The summed E-state index contributed by atoms with van der Waals surface area (Å²) in [5.74, 6) is 0.545. The Kier molecular flexibility index (Phi) is 6.18. The van der Waals surface area contributed by atoms with E-state index in [1.54, 1.807) is 0 Å². The molecule has 23 heavy (non-hydrogen) atoms. The SMILES string of the molecule is C[C@@H](C(N)=O)N(C)Cc1ccc(OCCc2ccccc2)cc1. The summed E-state index contributed by atoms with van der Waals surface area (Å²) in [7, 11) is 1.89. The van der Waals surface area contributed by atoms with Gasteiger partial charge in [0.2, 0.25) is 5.91 Å². The van der Waals surface area contributed by atoms with E-state index in [1.165, 1.54) is 5.56 Å². The number of ether oxygens (including phenoxy) is 1. The van der Waals surface area contributed by atoms with E-state index >= 15 is 0 Å². The lowest BCUT2D eigenvalue weighted by Crippen LogP contribution is -2.39. The first-order valence-electron chi connectivity index (χ1n) is 7.81. The first-order valence-corrected chi connectivity index (χ1v) is 7.81. The normalized spacial score (nSPS) is 12.1. The maximum atomic E-state index is 11.2. The molecule has 2 N–H and O–H groups in total. The van der Waals surface area contributed by atoms with Gasteiger partial charge in [-0.1, -0.05) is 42.5 Å². The first kappa shape index (κ1) is 17.0. The van der Waals surface area contributed by atoms with E-state index in [0.29, 0.717) is 13.2 Å². The highest BCUT2D eigenvalue weighted by molar-refractivity contribution is 5.79. The van der Waals surface area contributed by atoms with Crippen LogP contribution >= 0.6 is 0 Å². The summed E-state index contributed by atoms with van der Waals surface area (Å²) in [6, 6.07) is 18.0. The van der Waals surface area contributed by atoms with Gasteiger partial charge in [0.05, 0.1) is 12.6 Å². The van der Waals surface area contributed by atoms with E-state index < -0.39 is 0 Å². The van der Waals surface area contributed by atoms with Crippen LogP contribution in [0.3, 0.4) is 0 Å². The van der Waals surface area contributed by atoms with Crippen molar-refractivity contribution in [3.8, 4) is 5.75 Å². The number of primary amides is 1. The molecule has 0 bridgehead atoms. The molecule has 0 aromatic heterocycles. The number of carbonyl (C=O) groups excluding carboxylic acids is 1. The van der Waals surface area contributed by atoms with E-state index in [9.17, 15) is 4.79 Å². The molecule has 122 valence electrons. The van der Waals surface area contributed by atoms with Gasteiger partial charge in [0.15, 0.2) is 0 Å². The van der Waals surface area contributed by atoms with Crippen LogP contribution in [-0.4, -0.2) is 30.5 Å². The summed E-state index contributed by atoms with van der Waals surface area (Å²) in [5, 5.41) is 0. The van der Waals surface area contributed by atoms with Crippen LogP contribution in [0.2, 0.25) is 0 Å². The predicted molar refractivity (Wildman–Crippen MR) is 92.2 cm³/mol. The average molecular weight is 312 g/mol. The molecule has 0 aliphatic heterocycles. The number of carbonyl (C=O) groups is 1. The molecule has 1 amide bonds. The van der Waals surface area contributed by atoms with Crippen LogP contribution in [0.15, 0.2) is 54.6 Å². The molecule has 0 saturated carbocycles. The van der Waals surface area contributed by atoms with Crippen LogP contribution in [0.4, 0.5) is 0 Å². The Labute approximate surface area is 137 Å². The minimum absolute atomic E-state index is 0.281. The van der Waals surface area contributed by atoms with Crippen LogP contribution < -0.4 is 10.5 Å². The van der Waals surface area contributed by atoms with Crippen molar-refractivity contribution in [2.75, 3.05) is 13.7 Å². The monoisotopic (exact) mass is 312 g/mol. The molecular weight excluding hydrogens is 288 g/mol. The zero-order valence-electron chi connectivity index (χ0n) is 13.7. The summed E-state index contributed by atoms with van der Waals surface area (Å²) < 4.78 is 5.77. The summed E-state index contributed by atoms with van der Waals surface area (Å²) in [5.41, 5.74) is 7.71. The molecule has 0 unspecified atom stereocenters. The van der Waals surface area contributed by atoms with E-state index in [1.807, 2.05) is 61.3 Å². The number of hydrogen-bond acceptors (Lipinski definition) is 3. The standard InChI is InChI=1S/C19H24N2O2/c1-15(19(20)22)21(2)14-17-8-10-18(11-9-17)23-13-12-16-6-4-3-5-7-16/h3-11,15H,12-14H2,1-2H3,(H2,20,22)/t15-/m0/s1. The zero-order valence-corrected chi connectivity index (χ0v) is 13.7. The van der Waals surface area contributed by atoms with Gasteiger partial charge >= 0.3 is 0 Å². The van der Waals surface area contributed by atoms with Gasteiger partial charge in [0, 0.05) is 13.0 Å². The van der Waals surface area contributed by atoms with E-state index in [-0.39, 0.29) is 11.9 Å². The van der Waals surface area contributed by atoms with E-state index in [4.69, 9.17) is 10.5 Å². The van der Waals surface area contributed by atoms with Crippen LogP contribution in [0, 0.1) is 0 Å². The maximum Gasteiger partial charge on any atom is 0.234 e. The molecule has 4 nitrogen and oxygen atoms in total. The second-order valence-electron chi connectivity index (χ2n) is 5.72. The molecule has 0 aliphatic rings. The summed E-state index contributed by atoms with van der Waals surface area (Å²) in [6.45, 7) is 3.14. The fourth-order valence-electron chi connectivity index (χ4n) is 2.26. The maximum absolute atomic E-state index is 11.2. The Morgan fingerprint density at radius 2 is 1.74 bits per heavy atom. The van der Waals surface area contributed by atoms with Crippen LogP contribution in [0.25, 0.3) is 0 Å². The molecule has 0 heterocycles. The number of nitrogens with two attached hydrogens (primary N) is 1. The number of likely N-dealkylation sites (N-methyl/N-ethyl adjacent to an activating group) is 1. The van der Waals surface area contributed by atoms with Crippen molar-refractivity contribution in [3.05, 3.63) is 65.7 Å². The van der Waals surface area contributed by atoms with E-state index in [0.717, 1.165) is 17.7 Å². The fraction of sp³-hybridized carbons (Fsp3) is 0.316. The molecule has 0 radical (unpaired) electrons. The molecule has 1 atom stereocenters. The van der Waals surface area contributed by atoms with Crippen molar-refractivity contribution in [2.24, 2.45) is 5.73 Å². The highest BCUT2D eigenvalue weighted by atomic mass is 16.5. The van der Waals surface area contributed by atoms with Crippen molar-refractivity contribution >= 4 is 5.91 Å². The van der Waals surface area contributed by atoms with Crippen LogP contribution in [-0.2, 0) is 17.8 Å². The Balaban J connectivity index is 1.81. The first-order chi connectivity index (χ1) is 11.1. The van der Waals surface area contributed by atoms with Crippen molar-refractivity contribution < 1.29 is 9.53 Å². The third kappa shape index (κ3) is 5.42.